The van der Waals surface area contributed by atoms with E-state index in [9.17, 15) is 9.00 Å². The van der Waals surface area contributed by atoms with Crippen LogP contribution in [0.1, 0.15) is 20.8 Å². The molecule has 0 aromatic heterocycles. The number of amides is 1. The molecule has 1 heterocycles. The van der Waals surface area contributed by atoms with Crippen molar-refractivity contribution in [3.8, 4) is 0 Å². The molecule has 15 heavy (non-hydrogen) atoms. The monoisotopic (exact) mass is 232 g/mol. The molecule has 88 valence electrons. The first-order valence-corrected chi connectivity index (χ1v) is 6.70. The van der Waals surface area contributed by atoms with Crippen LogP contribution in [-0.2, 0) is 15.6 Å². The predicted molar refractivity (Wildman–Crippen MR) is 61.9 cm³/mol. The standard InChI is InChI=1S/C10H20N2O2S/c1-10(2,3)8(11)9(13)12-4-6-15(14)7-5-12/h8H,4-7,11H2,1-3H3/t8-/m0/s1. The summed E-state index contributed by atoms with van der Waals surface area (Å²) in [5.41, 5.74) is 5.68. The first-order valence-electron chi connectivity index (χ1n) is 5.21. The Hall–Kier alpha value is -0.420. The van der Waals surface area contributed by atoms with Gasteiger partial charge in [0.15, 0.2) is 0 Å². The molecular formula is C10H20N2O2S. The van der Waals surface area contributed by atoms with E-state index in [1.807, 2.05) is 20.8 Å². The molecular weight excluding hydrogens is 212 g/mol. The molecule has 0 bridgehead atoms. The summed E-state index contributed by atoms with van der Waals surface area (Å²) < 4.78 is 11.1. The van der Waals surface area contributed by atoms with Crippen LogP contribution in [0.2, 0.25) is 0 Å². The Morgan fingerprint density at radius 3 is 2.20 bits per heavy atom. The molecule has 1 amide bonds. The molecule has 0 unspecified atom stereocenters. The van der Waals surface area contributed by atoms with Crippen molar-refractivity contribution in [3.63, 3.8) is 0 Å². The van der Waals surface area contributed by atoms with Crippen molar-refractivity contribution in [3.05, 3.63) is 0 Å². The van der Waals surface area contributed by atoms with Crippen LogP contribution in [0.25, 0.3) is 0 Å². The van der Waals surface area contributed by atoms with Crippen LogP contribution < -0.4 is 5.73 Å². The predicted octanol–water partition coefficient (Wildman–Crippen LogP) is -0.0493. The fourth-order valence-electron chi connectivity index (χ4n) is 1.43. The Labute approximate surface area is 93.7 Å². The fraction of sp³-hybridized carbons (Fsp3) is 0.900. The third-order valence-corrected chi connectivity index (χ3v) is 3.96. The van der Waals surface area contributed by atoms with E-state index in [0.29, 0.717) is 24.6 Å². The average molecular weight is 232 g/mol. The van der Waals surface area contributed by atoms with E-state index >= 15 is 0 Å². The highest BCUT2D eigenvalue weighted by molar-refractivity contribution is 7.85. The second-order valence-corrected chi connectivity index (χ2v) is 6.71. The van der Waals surface area contributed by atoms with E-state index in [1.165, 1.54) is 0 Å². The van der Waals surface area contributed by atoms with Crippen LogP contribution in [0.15, 0.2) is 0 Å². The van der Waals surface area contributed by atoms with Gasteiger partial charge < -0.3 is 10.6 Å². The quantitative estimate of drug-likeness (QED) is 0.689. The highest BCUT2D eigenvalue weighted by atomic mass is 32.2. The van der Waals surface area contributed by atoms with Gasteiger partial charge in [-0.2, -0.15) is 0 Å². The van der Waals surface area contributed by atoms with Crippen LogP contribution >= 0.6 is 0 Å². The molecule has 0 aromatic carbocycles. The Morgan fingerprint density at radius 1 is 1.33 bits per heavy atom. The summed E-state index contributed by atoms with van der Waals surface area (Å²) in [6, 6.07) is -0.468. The Kier molecular flexibility index (Phi) is 3.89. The summed E-state index contributed by atoms with van der Waals surface area (Å²) in [5, 5.41) is 0. The van der Waals surface area contributed by atoms with Crippen LogP contribution in [0.3, 0.4) is 0 Å². The first-order chi connectivity index (χ1) is 6.82. The van der Waals surface area contributed by atoms with Gasteiger partial charge in [-0.05, 0) is 5.41 Å². The summed E-state index contributed by atoms with van der Waals surface area (Å²) in [6.07, 6.45) is 0. The highest BCUT2D eigenvalue weighted by Crippen LogP contribution is 2.19. The maximum atomic E-state index is 12.0. The molecule has 0 spiro atoms. The zero-order chi connectivity index (χ0) is 11.6. The van der Waals surface area contributed by atoms with Gasteiger partial charge in [0.05, 0.1) is 6.04 Å². The van der Waals surface area contributed by atoms with Gasteiger partial charge in [0.1, 0.15) is 0 Å². The van der Waals surface area contributed by atoms with Crippen molar-refractivity contribution >= 4 is 16.7 Å². The second kappa shape index (κ2) is 4.61. The number of hydrogen-bond acceptors (Lipinski definition) is 3. The van der Waals surface area contributed by atoms with Crippen LogP contribution in [-0.4, -0.2) is 45.7 Å². The van der Waals surface area contributed by atoms with Crippen molar-refractivity contribution in [2.75, 3.05) is 24.6 Å². The number of nitrogens with two attached hydrogens (primary N) is 1. The van der Waals surface area contributed by atoms with Gasteiger partial charge in [0, 0.05) is 35.4 Å². The summed E-state index contributed by atoms with van der Waals surface area (Å²) >= 11 is 0. The summed E-state index contributed by atoms with van der Waals surface area (Å²) in [4.78, 5) is 13.7. The largest absolute Gasteiger partial charge is 0.339 e. The van der Waals surface area contributed by atoms with Gasteiger partial charge in [-0.3, -0.25) is 9.00 Å². The van der Waals surface area contributed by atoms with Gasteiger partial charge in [0.2, 0.25) is 5.91 Å². The maximum Gasteiger partial charge on any atom is 0.240 e. The minimum Gasteiger partial charge on any atom is -0.339 e. The van der Waals surface area contributed by atoms with Crippen molar-refractivity contribution < 1.29 is 9.00 Å². The summed E-state index contributed by atoms with van der Waals surface area (Å²) in [6.45, 7) is 7.03. The number of rotatable bonds is 1. The van der Waals surface area contributed by atoms with Crippen LogP contribution in [0.5, 0.6) is 0 Å². The lowest BCUT2D eigenvalue weighted by Crippen LogP contribution is -2.53. The van der Waals surface area contributed by atoms with Gasteiger partial charge >= 0.3 is 0 Å². The normalized spacial score (nSPS) is 21.5. The molecule has 0 aromatic rings. The molecule has 1 aliphatic heterocycles. The van der Waals surface area contributed by atoms with E-state index < -0.39 is 16.8 Å². The lowest BCUT2D eigenvalue weighted by atomic mass is 9.86. The second-order valence-electron chi connectivity index (χ2n) is 5.02. The highest BCUT2D eigenvalue weighted by Gasteiger charge is 2.32. The SMILES string of the molecule is CC(C)(C)[C@@H](N)C(=O)N1CCS(=O)CC1. The molecule has 0 saturated carbocycles. The molecule has 1 aliphatic rings. The third-order valence-electron chi connectivity index (χ3n) is 2.69. The first kappa shape index (κ1) is 12.6. The molecule has 1 atom stereocenters. The number of nitrogens with zero attached hydrogens (tertiary/aromatic N) is 1. The van der Waals surface area contributed by atoms with Gasteiger partial charge in [0.25, 0.3) is 0 Å². The van der Waals surface area contributed by atoms with E-state index in [4.69, 9.17) is 5.73 Å². The number of carbonyl (C=O) groups is 1. The third kappa shape index (κ3) is 3.28. The molecule has 1 saturated heterocycles. The molecule has 2 N–H and O–H groups in total. The molecule has 1 rings (SSSR count). The van der Waals surface area contributed by atoms with Crippen LogP contribution in [0.4, 0.5) is 0 Å². The fourth-order valence-corrected chi connectivity index (χ4v) is 2.48. The molecule has 0 aliphatic carbocycles. The average Bonchev–Trinajstić information content (AvgIpc) is 2.15. The van der Waals surface area contributed by atoms with E-state index in [-0.39, 0.29) is 11.3 Å². The summed E-state index contributed by atoms with van der Waals surface area (Å²) in [7, 11) is -0.747. The number of carbonyl (C=O) groups excluding carboxylic acids is 1. The zero-order valence-electron chi connectivity index (χ0n) is 9.66. The van der Waals surface area contributed by atoms with Crippen molar-refractivity contribution in [1.82, 2.24) is 4.90 Å². The minimum absolute atomic E-state index is 0.0146. The van der Waals surface area contributed by atoms with Gasteiger partial charge in [-0.1, -0.05) is 20.8 Å². The van der Waals surface area contributed by atoms with Gasteiger partial charge in [-0.15, -0.1) is 0 Å². The molecule has 4 nitrogen and oxygen atoms in total. The van der Waals surface area contributed by atoms with Crippen molar-refractivity contribution in [2.45, 2.75) is 26.8 Å². The van der Waals surface area contributed by atoms with E-state index in [2.05, 4.69) is 0 Å². The molecule has 5 heteroatoms. The van der Waals surface area contributed by atoms with E-state index in [0.717, 1.165) is 0 Å². The van der Waals surface area contributed by atoms with Crippen LogP contribution in [0, 0.1) is 5.41 Å². The Balaban J connectivity index is 2.58. The minimum atomic E-state index is -0.747. The maximum absolute atomic E-state index is 12.0. The summed E-state index contributed by atoms with van der Waals surface area (Å²) in [5.74, 6) is 1.16. The molecule has 1 fully saturated rings. The Bertz CT molecular complexity index is 263. The lowest BCUT2D eigenvalue weighted by molar-refractivity contribution is -0.134. The smallest absolute Gasteiger partial charge is 0.240 e. The molecule has 0 radical (unpaired) electrons. The van der Waals surface area contributed by atoms with Gasteiger partial charge in [-0.25, -0.2) is 0 Å². The van der Waals surface area contributed by atoms with Crippen molar-refractivity contribution in [2.24, 2.45) is 11.1 Å². The topological polar surface area (TPSA) is 63.4 Å². The van der Waals surface area contributed by atoms with Crippen molar-refractivity contribution in [1.29, 1.82) is 0 Å². The van der Waals surface area contributed by atoms with E-state index in [1.54, 1.807) is 4.90 Å². The Morgan fingerprint density at radius 2 is 1.80 bits per heavy atom. The lowest BCUT2D eigenvalue weighted by Gasteiger charge is -2.33. The zero-order valence-corrected chi connectivity index (χ0v) is 10.5. The number of hydrogen-bond donors (Lipinski definition) is 1.